The first-order valence-corrected chi connectivity index (χ1v) is 10.2. The Labute approximate surface area is 155 Å². The molecule has 0 atom stereocenters. The van der Waals surface area contributed by atoms with Crippen molar-refractivity contribution in [2.75, 3.05) is 5.75 Å². The van der Waals surface area contributed by atoms with Crippen LogP contribution in [-0.4, -0.2) is 21.6 Å². The fourth-order valence-corrected chi connectivity index (χ4v) is 4.57. The van der Waals surface area contributed by atoms with Gasteiger partial charge in [0, 0.05) is 23.1 Å². The van der Waals surface area contributed by atoms with Gasteiger partial charge in [-0.3, -0.25) is 4.79 Å². The molecule has 0 fully saturated rings. The van der Waals surface area contributed by atoms with E-state index in [1.165, 1.54) is 16.7 Å². The van der Waals surface area contributed by atoms with E-state index in [1.807, 2.05) is 0 Å². The van der Waals surface area contributed by atoms with Crippen LogP contribution >= 0.6 is 23.1 Å². The molecule has 0 saturated carbocycles. The molecule has 2 aromatic heterocycles. The third-order valence-electron chi connectivity index (χ3n) is 4.03. The molecule has 0 saturated heterocycles. The first kappa shape index (κ1) is 17.9. The zero-order valence-corrected chi connectivity index (χ0v) is 16.0. The molecule has 3 rings (SSSR count). The Kier molecular flexibility index (Phi) is 5.71. The van der Waals surface area contributed by atoms with E-state index >= 15 is 0 Å². The molecular formula is C19H21N3OS2. The largest absolute Gasteiger partial charge is 0.370 e. The minimum atomic E-state index is -0.255. The molecule has 0 bridgehead atoms. The number of primary amides is 1. The summed E-state index contributed by atoms with van der Waals surface area (Å²) in [6.07, 6.45) is 2.78. The van der Waals surface area contributed by atoms with Crippen LogP contribution in [0.5, 0.6) is 0 Å². The van der Waals surface area contributed by atoms with E-state index in [1.54, 1.807) is 29.4 Å². The van der Waals surface area contributed by atoms with Gasteiger partial charge < -0.3 is 5.73 Å². The van der Waals surface area contributed by atoms with Crippen molar-refractivity contribution in [2.45, 2.75) is 37.6 Å². The SMILES string of the molecule is CC(C)c1ccc(-c2csc3ncnc(SCCCC(N)=O)c23)cc1. The Morgan fingerprint density at radius 1 is 1.24 bits per heavy atom. The van der Waals surface area contributed by atoms with Crippen LogP contribution in [-0.2, 0) is 4.79 Å². The monoisotopic (exact) mass is 371 g/mol. The van der Waals surface area contributed by atoms with E-state index in [0.717, 1.165) is 27.4 Å². The van der Waals surface area contributed by atoms with E-state index in [-0.39, 0.29) is 5.91 Å². The molecule has 1 amide bonds. The van der Waals surface area contributed by atoms with Crippen molar-refractivity contribution in [1.29, 1.82) is 0 Å². The maximum atomic E-state index is 10.9. The molecule has 0 radical (unpaired) electrons. The molecule has 0 unspecified atom stereocenters. The van der Waals surface area contributed by atoms with Crippen molar-refractivity contribution < 1.29 is 4.79 Å². The van der Waals surface area contributed by atoms with Crippen molar-refractivity contribution in [3.8, 4) is 11.1 Å². The van der Waals surface area contributed by atoms with Gasteiger partial charge in [-0.25, -0.2) is 9.97 Å². The first-order valence-electron chi connectivity index (χ1n) is 8.30. The highest BCUT2D eigenvalue weighted by Gasteiger charge is 2.13. The maximum absolute atomic E-state index is 10.9. The van der Waals surface area contributed by atoms with Crippen LogP contribution in [0.15, 0.2) is 41.0 Å². The van der Waals surface area contributed by atoms with E-state index in [2.05, 4.69) is 53.5 Å². The van der Waals surface area contributed by atoms with Gasteiger partial charge in [0.25, 0.3) is 0 Å². The number of thioether (sulfide) groups is 1. The van der Waals surface area contributed by atoms with Crippen LogP contribution in [0.4, 0.5) is 0 Å². The summed E-state index contributed by atoms with van der Waals surface area (Å²) in [4.78, 5) is 20.8. The van der Waals surface area contributed by atoms with Gasteiger partial charge in [-0.05, 0) is 23.5 Å². The van der Waals surface area contributed by atoms with E-state index < -0.39 is 0 Å². The molecule has 3 aromatic rings. The lowest BCUT2D eigenvalue weighted by Crippen LogP contribution is -2.09. The van der Waals surface area contributed by atoms with Gasteiger partial charge in [0.05, 0.1) is 5.39 Å². The van der Waals surface area contributed by atoms with Gasteiger partial charge in [-0.1, -0.05) is 38.1 Å². The summed E-state index contributed by atoms with van der Waals surface area (Å²) in [5, 5.41) is 4.23. The molecule has 0 aliphatic carbocycles. The molecule has 2 heterocycles. The van der Waals surface area contributed by atoms with Crippen LogP contribution in [0, 0.1) is 0 Å². The summed E-state index contributed by atoms with van der Waals surface area (Å²) in [6.45, 7) is 4.40. The Bertz CT molecular complexity index is 872. The first-order chi connectivity index (χ1) is 12.1. The summed E-state index contributed by atoms with van der Waals surface area (Å²) in [5.74, 6) is 1.08. The second kappa shape index (κ2) is 7.97. The van der Waals surface area contributed by atoms with Gasteiger partial charge >= 0.3 is 0 Å². The summed E-state index contributed by atoms with van der Waals surface area (Å²) >= 11 is 3.30. The Morgan fingerprint density at radius 2 is 2.00 bits per heavy atom. The van der Waals surface area contributed by atoms with Crippen molar-refractivity contribution in [3.05, 3.63) is 41.5 Å². The van der Waals surface area contributed by atoms with Gasteiger partial charge in [0.1, 0.15) is 16.2 Å². The fourth-order valence-electron chi connectivity index (χ4n) is 2.63. The maximum Gasteiger partial charge on any atom is 0.217 e. The highest BCUT2D eigenvalue weighted by Crippen LogP contribution is 2.38. The van der Waals surface area contributed by atoms with Crippen LogP contribution in [0.2, 0.25) is 0 Å². The molecular weight excluding hydrogens is 350 g/mol. The predicted molar refractivity (Wildman–Crippen MR) is 106 cm³/mol. The van der Waals surface area contributed by atoms with Crippen molar-refractivity contribution in [3.63, 3.8) is 0 Å². The average Bonchev–Trinajstić information content (AvgIpc) is 3.03. The quantitative estimate of drug-likeness (QED) is 0.366. The Hall–Kier alpha value is -1.92. The fraction of sp³-hybridized carbons (Fsp3) is 0.316. The third kappa shape index (κ3) is 4.19. The number of fused-ring (bicyclic) bond motifs is 1. The number of benzene rings is 1. The van der Waals surface area contributed by atoms with E-state index in [0.29, 0.717) is 12.3 Å². The molecule has 25 heavy (non-hydrogen) atoms. The number of hydrogen-bond acceptors (Lipinski definition) is 5. The lowest BCUT2D eigenvalue weighted by Gasteiger charge is -2.08. The van der Waals surface area contributed by atoms with Crippen LogP contribution in [0.1, 0.15) is 38.2 Å². The molecule has 130 valence electrons. The second-order valence-electron chi connectivity index (χ2n) is 6.20. The van der Waals surface area contributed by atoms with Crippen molar-refractivity contribution >= 4 is 39.2 Å². The number of thiophene rings is 1. The van der Waals surface area contributed by atoms with E-state index in [9.17, 15) is 4.79 Å². The average molecular weight is 372 g/mol. The number of aromatic nitrogens is 2. The zero-order chi connectivity index (χ0) is 17.8. The molecule has 0 aliphatic heterocycles. The highest BCUT2D eigenvalue weighted by molar-refractivity contribution is 7.99. The Balaban J connectivity index is 1.89. The predicted octanol–water partition coefficient (Wildman–Crippen LogP) is 4.84. The topological polar surface area (TPSA) is 68.9 Å². The molecule has 0 aliphatic rings. The number of rotatable bonds is 7. The summed E-state index contributed by atoms with van der Waals surface area (Å²) < 4.78 is 0. The molecule has 4 nitrogen and oxygen atoms in total. The van der Waals surface area contributed by atoms with Crippen LogP contribution in [0.3, 0.4) is 0 Å². The van der Waals surface area contributed by atoms with Crippen molar-refractivity contribution in [1.82, 2.24) is 9.97 Å². The molecule has 6 heteroatoms. The number of nitrogens with zero attached hydrogens (tertiary/aromatic N) is 2. The summed E-state index contributed by atoms with van der Waals surface area (Å²) in [5.41, 5.74) is 8.90. The third-order valence-corrected chi connectivity index (χ3v) is 5.99. The van der Waals surface area contributed by atoms with Gasteiger partial charge in [0.15, 0.2) is 0 Å². The second-order valence-corrected chi connectivity index (χ2v) is 8.15. The molecule has 2 N–H and O–H groups in total. The standard InChI is InChI=1S/C19H21N3OS2/c1-12(2)13-5-7-14(8-6-13)15-10-25-19-17(15)18(21-11-22-19)24-9-3-4-16(20)23/h5-8,10-12H,3-4,9H2,1-2H3,(H2,20,23). The van der Waals surface area contributed by atoms with Gasteiger partial charge in [0.2, 0.25) is 5.91 Å². The number of carbonyl (C=O) groups excluding carboxylic acids is 1. The smallest absolute Gasteiger partial charge is 0.217 e. The minimum Gasteiger partial charge on any atom is -0.370 e. The van der Waals surface area contributed by atoms with Gasteiger partial charge in [-0.15, -0.1) is 23.1 Å². The number of hydrogen-bond donors (Lipinski definition) is 1. The van der Waals surface area contributed by atoms with Gasteiger partial charge in [-0.2, -0.15) is 0 Å². The summed E-state index contributed by atoms with van der Waals surface area (Å²) in [6, 6.07) is 8.72. The van der Waals surface area contributed by atoms with Crippen LogP contribution in [0.25, 0.3) is 21.3 Å². The number of nitrogens with two attached hydrogens (primary N) is 1. The zero-order valence-electron chi connectivity index (χ0n) is 14.4. The molecule has 0 spiro atoms. The minimum absolute atomic E-state index is 0.255. The lowest BCUT2D eigenvalue weighted by atomic mass is 9.99. The number of carbonyl (C=O) groups is 1. The number of amides is 1. The van der Waals surface area contributed by atoms with E-state index in [4.69, 9.17) is 5.73 Å². The summed E-state index contributed by atoms with van der Waals surface area (Å²) in [7, 11) is 0. The van der Waals surface area contributed by atoms with Crippen LogP contribution < -0.4 is 5.73 Å². The Morgan fingerprint density at radius 3 is 2.68 bits per heavy atom. The highest BCUT2D eigenvalue weighted by atomic mass is 32.2. The molecule has 1 aromatic carbocycles. The lowest BCUT2D eigenvalue weighted by molar-refractivity contribution is -0.118. The van der Waals surface area contributed by atoms with Crippen molar-refractivity contribution in [2.24, 2.45) is 5.73 Å². The normalized spacial score (nSPS) is 11.3.